The maximum Gasteiger partial charge on any atom is 0.407 e. The molecule has 1 aliphatic heterocycles. The highest BCUT2D eigenvalue weighted by Crippen LogP contribution is 2.27. The van der Waals surface area contributed by atoms with Gasteiger partial charge in [0.15, 0.2) is 0 Å². The first-order valence-electron chi connectivity index (χ1n) is 14.9. The van der Waals surface area contributed by atoms with Gasteiger partial charge in [0, 0.05) is 12.3 Å². The van der Waals surface area contributed by atoms with Crippen LogP contribution in [0.25, 0.3) is 0 Å². The molecule has 1 saturated carbocycles. The average Bonchev–Trinajstić information content (AvgIpc) is 3.61. The summed E-state index contributed by atoms with van der Waals surface area (Å²) in [6.07, 6.45) is 0.204. The first-order valence-corrected chi connectivity index (χ1v) is 14.9. The van der Waals surface area contributed by atoms with Gasteiger partial charge in [-0.2, -0.15) is 0 Å². The largest absolute Gasteiger partial charge is 0.491 e. The number of hydrogen-bond donors (Lipinski definition) is 5. The molecule has 1 heterocycles. The molecule has 2 aromatic rings. The van der Waals surface area contributed by atoms with Crippen LogP contribution in [-0.4, -0.2) is 84.1 Å². The fraction of sp³-hybridized carbons (Fsp3) is 0.562. The van der Waals surface area contributed by atoms with Gasteiger partial charge in [0.1, 0.15) is 18.5 Å². The quantitative estimate of drug-likeness (QED) is 0.228. The van der Waals surface area contributed by atoms with E-state index in [9.17, 15) is 19.8 Å². The Kier molecular flexibility index (Phi) is 12.0. The van der Waals surface area contributed by atoms with Crippen molar-refractivity contribution in [2.45, 2.75) is 75.8 Å². The lowest BCUT2D eigenvalue weighted by Crippen LogP contribution is -2.49. The van der Waals surface area contributed by atoms with E-state index < -0.39 is 30.3 Å². The molecular weight excluding hydrogens is 540 g/mol. The highest BCUT2D eigenvalue weighted by molar-refractivity contribution is 5.79. The van der Waals surface area contributed by atoms with Crippen molar-refractivity contribution in [3.05, 3.63) is 65.7 Å². The Morgan fingerprint density at radius 2 is 1.76 bits per heavy atom. The van der Waals surface area contributed by atoms with Crippen molar-refractivity contribution in [1.29, 1.82) is 0 Å². The number of carbonyl (C=O) groups excluding carboxylic acids is 2. The Balaban J connectivity index is 1.50. The van der Waals surface area contributed by atoms with Crippen LogP contribution in [0.15, 0.2) is 54.6 Å². The molecule has 2 amide bonds. The van der Waals surface area contributed by atoms with E-state index in [2.05, 4.69) is 10.6 Å². The number of amides is 2. The van der Waals surface area contributed by atoms with Gasteiger partial charge in [0.25, 0.3) is 0 Å². The minimum Gasteiger partial charge on any atom is -0.491 e. The van der Waals surface area contributed by atoms with Crippen LogP contribution in [0.2, 0.25) is 0 Å². The van der Waals surface area contributed by atoms with Gasteiger partial charge in [0.05, 0.1) is 44.1 Å². The van der Waals surface area contributed by atoms with Gasteiger partial charge in [-0.25, -0.2) is 4.79 Å². The predicted octanol–water partition coefficient (Wildman–Crippen LogP) is 2.37. The summed E-state index contributed by atoms with van der Waals surface area (Å²) in [4.78, 5) is 26.4. The Bertz CT molecular complexity index is 1100. The maximum atomic E-state index is 13.7. The first-order chi connectivity index (χ1) is 20.3. The topological polar surface area (TPSA) is 147 Å². The fourth-order valence-corrected chi connectivity index (χ4v) is 5.70. The Labute approximate surface area is 247 Å². The summed E-state index contributed by atoms with van der Waals surface area (Å²) in [5.74, 6) is -0.144. The van der Waals surface area contributed by atoms with E-state index in [-0.39, 0.29) is 43.6 Å². The number of aliphatic hydroxyl groups is 3. The van der Waals surface area contributed by atoms with Crippen molar-refractivity contribution < 1.29 is 39.1 Å². The van der Waals surface area contributed by atoms with Crippen molar-refractivity contribution >= 4 is 12.0 Å². The highest BCUT2D eigenvalue weighted by atomic mass is 16.6. The number of benzene rings is 2. The van der Waals surface area contributed by atoms with E-state index in [1.54, 1.807) is 12.1 Å². The molecule has 0 bridgehead atoms. The van der Waals surface area contributed by atoms with Crippen LogP contribution in [-0.2, 0) is 27.1 Å². The standard InChI is InChI=1S/C32H44N2O8/c1-21-7-12-28(36)30(21)34-31(38)24(17-23-8-10-25(11-9-23)41-16-14-35)19-29(37)27(18-22-5-3-2-4-6-22)33-32(39)42-26-13-15-40-20-26/h2-6,8-11,21,24,26-30,35-37H,7,12-20H2,1H3,(H,33,39)(H,34,38). The Hall–Kier alpha value is -3.18. The summed E-state index contributed by atoms with van der Waals surface area (Å²) in [7, 11) is 0. The molecule has 230 valence electrons. The number of hydrogen-bond acceptors (Lipinski definition) is 8. The molecule has 10 heteroatoms. The highest BCUT2D eigenvalue weighted by Gasteiger charge is 2.36. The van der Waals surface area contributed by atoms with Gasteiger partial charge >= 0.3 is 6.09 Å². The zero-order valence-corrected chi connectivity index (χ0v) is 24.2. The van der Waals surface area contributed by atoms with E-state index >= 15 is 0 Å². The molecule has 2 aliphatic rings. The van der Waals surface area contributed by atoms with E-state index in [4.69, 9.17) is 19.3 Å². The second kappa shape index (κ2) is 15.9. The molecule has 42 heavy (non-hydrogen) atoms. The van der Waals surface area contributed by atoms with Crippen molar-refractivity contribution in [2.75, 3.05) is 26.4 Å². The van der Waals surface area contributed by atoms with Crippen LogP contribution in [0.3, 0.4) is 0 Å². The number of nitrogens with one attached hydrogen (secondary N) is 2. The molecule has 0 radical (unpaired) electrons. The molecule has 10 nitrogen and oxygen atoms in total. The Morgan fingerprint density at radius 1 is 1.02 bits per heavy atom. The van der Waals surface area contributed by atoms with Crippen LogP contribution in [0.4, 0.5) is 4.79 Å². The number of carbonyl (C=O) groups is 2. The normalized spacial score (nSPS) is 24.0. The second-order valence-electron chi connectivity index (χ2n) is 11.4. The van der Waals surface area contributed by atoms with Gasteiger partial charge in [-0.3, -0.25) is 4.79 Å². The van der Waals surface area contributed by atoms with Crippen LogP contribution >= 0.6 is 0 Å². The molecule has 2 fully saturated rings. The van der Waals surface area contributed by atoms with Crippen LogP contribution < -0.4 is 15.4 Å². The first kappa shape index (κ1) is 31.7. The Morgan fingerprint density at radius 3 is 2.40 bits per heavy atom. The third-order valence-electron chi connectivity index (χ3n) is 8.14. The van der Waals surface area contributed by atoms with E-state index in [0.717, 1.165) is 17.5 Å². The number of aliphatic hydroxyl groups excluding tert-OH is 3. The molecule has 1 aliphatic carbocycles. The van der Waals surface area contributed by atoms with E-state index in [1.165, 1.54) is 0 Å². The van der Waals surface area contributed by atoms with E-state index in [0.29, 0.717) is 44.6 Å². The summed E-state index contributed by atoms with van der Waals surface area (Å²) in [6.45, 7) is 2.99. The van der Waals surface area contributed by atoms with Crippen molar-refractivity contribution in [3.63, 3.8) is 0 Å². The summed E-state index contributed by atoms with van der Waals surface area (Å²) in [5.41, 5.74) is 1.79. The predicted molar refractivity (Wildman–Crippen MR) is 156 cm³/mol. The van der Waals surface area contributed by atoms with Gasteiger partial charge < -0.3 is 40.2 Å². The minimum atomic E-state index is -1.06. The number of rotatable bonds is 14. The van der Waals surface area contributed by atoms with Gasteiger partial charge in [0.2, 0.25) is 5.91 Å². The fourth-order valence-electron chi connectivity index (χ4n) is 5.70. The van der Waals surface area contributed by atoms with Gasteiger partial charge in [-0.15, -0.1) is 0 Å². The van der Waals surface area contributed by atoms with Crippen LogP contribution in [0.5, 0.6) is 5.75 Å². The lowest BCUT2D eigenvalue weighted by atomic mass is 9.88. The van der Waals surface area contributed by atoms with Gasteiger partial charge in [-0.05, 0) is 61.3 Å². The van der Waals surface area contributed by atoms with Gasteiger partial charge in [-0.1, -0.05) is 49.4 Å². The lowest BCUT2D eigenvalue weighted by molar-refractivity contribution is -0.127. The molecule has 7 unspecified atom stereocenters. The zero-order valence-electron chi connectivity index (χ0n) is 24.2. The minimum absolute atomic E-state index is 0.0795. The second-order valence-corrected chi connectivity index (χ2v) is 11.4. The third-order valence-corrected chi connectivity index (χ3v) is 8.14. The monoisotopic (exact) mass is 584 g/mol. The molecule has 5 N–H and O–H groups in total. The summed E-state index contributed by atoms with van der Waals surface area (Å²) >= 11 is 0. The lowest BCUT2D eigenvalue weighted by Gasteiger charge is -2.29. The number of alkyl carbamates (subject to hydrolysis) is 1. The molecule has 0 spiro atoms. The maximum absolute atomic E-state index is 13.7. The summed E-state index contributed by atoms with van der Waals surface area (Å²) < 4.78 is 16.3. The molecule has 1 saturated heterocycles. The van der Waals surface area contributed by atoms with Crippen molar-refractivity contribution in [2.24, 2.45) is 11.8 Å². The van der Waals surface area contributed by atoms with E-state index in [1.807, 2.05) is 49.4 Å². The van der Waals surface area contributed by atoms with Crippen molar-refractivity contribution in [1.82, 2.24) is 10.6 Å². The summed E-state index contributed by atoms with van der Waals surface area (Å²) in [5, 5.41) is 36.9. The van der Waals surface area contributed by atoms with Crippen LogP contribution in [0, 0.1) is 11.8 Å². The van der Waals surface area contributed by atoms with Crippen LogP contribution in [0.1, 0.15) is 43.7 Å². The smallest absolute Gasteiger partial charge is 0.407 e. The number of ether oxygens (including phenoxy) is 3. The van der Waals surface area contributed by atoms with Crippen molar-refractivity contribution in [3.8, 4) is 5.75 Å². The molecule has 7 atom stereocenters. The average molecular weight is 585 g/mol. The molecule has 2 aromatic carbocycles. The SMILES string of the molecule is CC1CCC(O)C1NC(=O)C(Cc1ccc(OCCO)cc1)CC(O)C(Cc1ccccc1)NC(=O)OC1CCOC1. The third kappa shape index (κ3) is 9.42. The summed E-state index contributed by atoms with van der Waals surface area (Å²) in [6, 6.07) is 15.7. The zero-order chi connectivity index (χ0) is 29.9. The molecular formula is C32H44N2O8. The molecule has 0 aromatic heterocycles. The molecule has 4 rings (SSSR count).